The Morgan fingerprint density at radius 2 is 1.67 bits per heavy atom. The molecule has 0 unspecified atom stereocenters. The minimum atomic E-state index is -0.947. The van der Waals surface area contributed by atoms with Gasteiger partial charge in [0.2, 0.25) is 11.8 Å². The zero-order valence-electron chi connectivity index (χ0n) is 16.0. The minimum absolute atomic E-state index is 0.0311. The van der Waals surface area contributed by atoms with E-state index in [9.17, 15) is 23.2 Å². The number of halogens is 2. The number of carbonyl (C=O) groups excluding carboxylic acids is 2. The fraction of sp³-hybridized carbons (Fsp3) is 0.143. The molecule has 30 heavy (non-hydrogen) atoms. The topological polar surface area (TPSA) is 93.1 Å². The largest absolute Gasteiger partial charge is 0.322 e. The van der Waals surface area contributed by atoms with Gasteiger partial charge in [-0.25, -0.2) is 13.5 Å². The number of carbonyl (C=O) groups is 2. The maximum Gasteiger partial charge on any atom is 0.291 e. The summed E-state index contributed by atoms with van der Waals surface area (Å²) in [4.78, 5) is 36.8. The van der Waals surface area contributed by atoms with E-state index in [1.165, 1.54) is 6.07 Å². The van der Waals surface area contributed by atoms with Crippen LogP contribution >= 0.6 is 0 Å². The van der Waals surface area contributed by atoms with Crippen molar-refractivity contribution in [2.75, 3.05) is 10.6 Å². The average molecular weight is 412 g/mol. The maximum absolute atomic E-state index is 13.8. The molecule has 3 aromatic rings. The molecule has 0 radical (unpaired) electrons. The van der Waals surface area contributed by atoms with Crippen LogP contribution in [0.4, 0.5) is 20.2 Å². The van der Waals surface area contributed by atoms with Gasteiger partial charge < -0.3 is 10.6 Å². The molecule has 0 saturated carbocycles. The van der Waals surface area contributed by atoms with Gasteiger partial charge in [0.15, 0.2) is 0 Å². The van der Waals surface area contributed by atoms with Gasteiger partial charge in [0.1, 0.15) is 23.9 Å². The lowest BCUT2D eigenvalue weighted by molar-refractivity contribution is -0.117. The summed E-state index contributed by atoms with van der Waals surface area (Å²) in [5, 5.41) is 8.97. The number of benzene rings is 2. The highest BCUT2D eigenvalue weighted by Crippen LogP contribution is 2.18. The van der Waals surface area contributed by atoms with E-state index in [4.69, 9.17) is 0 Å². The summed E-state index contributed by atoms with van der Waals surface area (Å²) in [5.41, 5.74) is 0.0847. The monoisotopic (exact) mass is 412 g/mol. The van der Waals surface area contributed by atoms with Crippen LogP contribution in [-0.2, 0) is 16.1 Å². The predicted octanol–water partition coefficient (Wildman–Crippen LogP) is 3.18. The van der Waals surface area contributed by atoms with Gasteiger partial charge in [-0.15, -0.1) is 0 Å². The van der Waals surface area contributed by atoms with Gasteiger partial charge in [-0.2, -0.15) is 5.10 Å². The van der Waals surface area contributed by atoms with Crippen molar-refractivity contribution in [2.45, 2.75) is 19.9 Å². The summed E-state index contributed by atoms with van der Waals surface area (Å²) in [6, 6.07) is 13.0. The van der Waals surface area contributed by atoms with Crippen molar-refractivity contribution < 1.29 is 18.4 Å². The van der Waals surface area contributed by atoms with Gasteiger partial charge in [-0.3, -0.25) is 14.4 Å². The first-order valence-corrected chi connectivity index (χ1v) is 9.09. The van der Waals surface area contributed by atoms with Crippen LogP contribution in [0.15, 0.2) is 59.4 Å². The fourth-order valence-electron chi connectivity index (χ4n) is 2.64. The summed E-state index contributed by atoms with van der Waals surface area (Å²) >= 11 is 0. The van der Waals surface area contributed by atoms with Crippen molar-refractivity contribution in [3.63, 3.8) is 0 Å². The third-order valence-corrected chi connectivity index (χ3v) is 4.14. The number of nitrogens with zero attached hydrogens (tertiary/aromatic N) is 2. The van der Waals surface area contributed by atoms with Crippen LogP contribution in [0.25, 0.3) is 11.3 Å². The highest BCUT2D eigenvalue weighted by atomic mass is 19.1. The Hall–Kier alpha value is -3.88. The van der Waals surface area contributed by atoms with Crippen molar-refractivity contribution in [1.29, 1.82) is 0 Å². The molecule has 0 bridgehead atoms. The van der Waals surface area contributed by atoms with Crippen LogP contribution in [0.2, 0.25) is 0 Å². The van der Waals surface area contributed by atoms with E-state index >= 15 is 0 Å². The number of nitrogens with one attached hydrogen (secondary N) is 2. The van der Waals surface area contributed by atoms with Gasteiger partial charge in [0.05, 0.1) is 11.4 Å². The zero-order valence-corrected chi connectivity index (χ0v) is 16.0. The first-order valence-electron chi connectivity index (χ1n) is 9.09. The van der Waals surface area contributed by atoms with Gasteiger partial charge in [0.25, 0.3) is 5.56 Å². The highest BCUT2D eigenvalue weighted by Gasteiger charge is 2.15. The zero-order chi connectivity index (χ0) is 21.7. The third kappa shape index (κ3) is 4.93. The van der Waals surface area contributed by atoms with Gasteiger partial charge in [0, 0.05) is 18.1 Å². The second-order valence-electron chi connectivity index (χ2n) is 6.35. The molecule has 7 nitrogen and oxygen atoms in total. The SMILES string of the molecule is CCC(=O)Nc1cc(-c2ccccc2)nn(CC(=O)Nc2ccc(F)cc2F)c1=O. The number of hydrogen-bond donors (Lipinski definition) is 2. The molecular weight excluding hydrogens is 394 g/mol. The van der Waals surface area contributed by atoms with Crippen LogP contribution in [0, 0.1) is 11.6 Å². The molecule has 2 N–H and O–H groups in total. The third-order valence-electron chi connectivity index (χ3n) is 4.14. The minimum Gasteiger partial charge on any atom is -0.322 e. The molecule has 154 valence electrons. The molecule has 0 fully saturated rings. The summed E-state index contributed by atoms with van der Waals surface area (Å²) < 4.78 is 27.7. The number of hydrogen-bond acceptors (Lipinski definition) is 4. The van der Waals surface area contributed by atoms with E-state index in [0.29, 0.717) is 17.3 Å². The number of anilines is 2. The van der Waals surface area contributed by atoms with E-state index < -0.39 is 29.6 Å². The molecular formula is C21H18F2N4O3. The second-order valence-corrected chi connectivity index (χ2v) is 6.35. The van der Waals surface area contributed by atoms with Crippen molar-refractivity contribution in [3.8, 4) is 11.3 Å². The Kier molecular flexibility index (Phi) is 6.31. The van der Waals surface area contributed by atoms with Crippen molar-refractivity contribution in [1.82, 2.24) is 9.78 Å². The summed E-state index contributed by atoms with van der Waals surface area (Å²) in [6.45, 7) is 1.10. The standard InChI is InChI=1S/C21H18F2N4O3/c1-2-19(28)25-18-11-17(13-6-4-3-5-7-13)26-27(21(18)30)12-20(29)24-16-9-8-14(22)10-15(16)23/h3-11H,2,12H2,1H3,(H,24,29)(H,25,28). The highest BCUT2D eigenvalue weighted by molar-refractivity contribution is 5.92. The molecule has 0 aliphatic carbocycles. The van der Waals surface area contributed by atoms with E-state index in [2.05, 4.69) is 15.7 Å². The average Bonchev–Trinajstić information content (AvgIpc) is 2.73. The Bertz CT molecular complexity index is 1150. The molecule has 0 aliphatic heterocycles. The van der Waals surface area contributed by atoms with E-state index in [1.807, 2.05) is 6.07 Å². The molecule has 2 amide bonds. The van der Waals surface area contributed by atoms with E-state index in [0.717, 1.165) is 16.8 Å². The van der Waals surface area contributed by atoms with Crippen LogP contribution in [0.5, 0.6) is 0 Å². The lowest BCUT2D eigenvalue weighted by atomic mass is 10.1. The normalized spacial score (nSPS) is 10.5. The Morgan fingerprint density at radius 1 is 0.967 bits per heavy atom. The van der Waals surface area contributed by atoms with Crippen molar-refractivity contribution in [3.05, 3.63) is 76.6 Å². The lowest BCUT2D eigenvalue weighted by Gasteiger charge is -2.12. The number of aromatic nitrogens is 2. The Morgan fingerprint density at radius 3 is 2.33 bits per heavy atom. The molecule has 3 rings (SSSR count). The first kappa shape index (κ1) is 20.8. The van der Waals surface area contributed by atoms with E-state index in [-0.39, 0.29) is 23.7 Å². The fourth-order valence-corrected chi connectivity index (χ4v) is 2.64. The summed E-state index contributed by atoms with van der Waals surface area (Å²) in [7, 11) is 0. The summed E-state index contributed by atoms with van der Waals surface area (Å²) in [5.74, 6) is -2.84. The van der Waals surface area contributed by atoms with E-state index in [1.54, 1.807) is 31.2 Å². The van der Waals surface area contributed by atoms with Crippen LogP contribution in [0.3, 0.4) is 0 Å². The number of rotatable bonds is 6. The molecule has 0 aliphatic rings. The molecule has 2 aromatic carbocycles. The molecule has 0 saturated heterocycles. The first-order chi connectivity index (χ1) is 14.4. The molecule has 1 aromatic heterocycles. The molecule has 0 atom stereocenters. The number of amides is 2. The lowest BCUT2D eigenvalue weighted by Crippen LogP contribution is -2.32. The van der Waals surface area contributed by atoms with Gasteiger partial charge in [-0.05, 0) is 18.2 Å². The maximum atomic E-state index is 13.8. The van der Waals surface area contributed by atoms with Crippen molar-refractivity contribution in [2.24, 2.45) is 0 Å². The Labute approximate surface area is 170 Å². The van der Waals surface area contributed by atoms with Gasteiger partial charge in [-0.1, -0.05) is 37.3 Å². The predicted molar refractivity (Wildman–Crippen MR) is 108 cm³/mol. The molecule has 1 heterocycles. The summed E-state index contributed by atoms with van der Waals surface area (Å²) in [6.07, 6.45) is 0.159. The van der Waals surface area contributed by atoms with Crippen LogP contribution in [0.1, 0.15) is 13.3 Å². The molecule has 0 spiro atoms. The van der Waals surface area contributed by atoms with Crippen molar-refractivity contribution >= 4 is 23.2 Å². The smallest absolute Gasteiger partial charge is 0.291 e. The Balaban J connectivity index is 1.93. The quantitative estimate of drug-likeness (QED) is 0.650. The molecule has 9 heteroatoms. The van der Waals surface area contributed by atoms with Gasteiger partial charge >= 0.3 is 0 Å². The van der Waals surface area contributed by atoms with Crippen LogP contribution < -0.4 is 16.2 Å². The second kappa shape index (κ2) is 9.08. The van der Waals surface area contributed by atoms with Crippen LogP contribution in [-0.4, -0.2) is 21.6 Å².